The normalized spacial score (nSPS) is 11.5. The average molecular weight is 1600 g/mol. The molecule has 0 N–H and O–H groups in total. The second-order valence-electron chi connectivity index (χ2n) is 25.9. The number of halogens is 10. The number of hydrogen-bond acceptors (Lipinski definition) is 8. The highest BCUT2D eigenvalue weighted by atomic mass is 32.1. The second-order valence-corrected chi connectivity index (χ2v) is 34.0. The molecule has 0 atom stereocenters. The number of thiophene rings is 8. The Labute approximate surface area is 656 Å². The zero-order chi connectivity index (χ0) is 75.0. The molecule has 8 aromatic heterocycles. The summed E-state index contributed by atoms with van der Waals surface area (Å²) in [7, 11) is 0. The highest BCUT2D eigenvalue weighted by Gasteiger charge is 2.29. The van der Waals surface area contributed by atoms with Crippen molar-refractivity contribution >= 4 is 90.7 Å². The van der Waals surface area contributed by atoms with E-state index in [4.69, 9.17) is 0 Å². The molecule has 0 radical (unpaired) electrons. The van der Waals surface area contributed by atoms with Gasteiger partial charge in [-0.1, -0.05) is 109 Å². The molecule has 0 aliphatic heterocycles. The molecular formula is C92H48F10S8. The van der Waals surface area contributed by atoms with E-state index in [0.717, 1.165) is 94.0 Å². The highest BCUT2D eigenvalue weighted by molar-refractivity contribution is 7.30. The molecule has 10 aromatic carbocycles. The molecule has 8 heterocycles. The minimum absolute atomic E-state index is 0.282. The lowest BCUT2D eigenvalue weighted by Crippen LogP contribution is -1.83. The Balaban J connectivity index is 0.731. The van der Waals surface area contributed by atoms with Crippen LogP contribution in [-0.4, -0.2) is 0 Å². The van der Waals surface area contributed by atoms with Gasteiger partial charge in [-0.25, -0.2) is 43.9 Å². The number of rotatable bonds is 17. The van der Waals surface area contributed by atoms with Crippen molar-refractivity contribution in [1.29, 1.82) is 0 Å². The summed E-state index contributed by atoms with van der Waals surface area (Å²) in [5.74, 6) is -4.32. The number of hydrogen-bond donors (Lipinski definition) is 0. The highest BCUT2D eigenvalue weighted by Crippen LogP contribution is 2.58. The molecule has 0 fully saturated rings. The van der Waals surface area contributed by atoms with Crippen LogP contribution in [0.5, 0.6) is 0 Å². The minimum atomic E-state index is -0.547. The molecule has 0 saturated carbocycles. The summed E-state index contributed by atoms with van der Waals surface area (Å²) in [6.45, 7) is 0. The Morgan fingerprint density at radius 3 is 0.582 bits per heavy atom. The molecule has 0 spiro atoms. The molecule has 534 valence electrons. The van der Waals surface area contributed by atoms with Crippen LogP contribution in [0.4, 0.5) is 43.9 Å². The smallest absolute Gasteiger partial charge is 0.132 e. The first-order chi connectivity index (χ1) is 53.5. The monoisotopic (exact) mass is 1600 g/mol. The van der Waals surface area contributed by atoms with Gasteiger partial charge in [0, 0.05) is 84.9 Å². The zero-order valence-electron chi connectivity index (χ0n) is 56.8. The molecule has 0 bridgehead atoms. The van der Waals surface area contributed by atoms with E-state index in [1.807, 2.05) is 59.3 Å². The molecule has 0 nitrogen and oxygen atoms in total. The minimum Gasteiger partial charge on any atom is -0.207 e. The quantitative estimate of drug-likeness (QED) is 0.0797. The third-order valence-corrected chi connectivity index (χ3v) is 28.7. The third kappa shape index (κ3) is 13.8. The molecule has 0 unspecified atom stereocenters. The van der Waals surface area contributed by atoms with Crippen LogP contribution in [0.3, 0.4) is 0 Å². The molecule has 0 saturated heterocycles. The van der Waals surface area contributed by atoms with Crippen molar-refractivity contribution in [1.82, 2.24) is 0 Å². The Hall–Kier alpha value is -10.9. The van der Waals surface area contributed by atoms with Crippen LogP contribution in [0, 0.1) is 58.2 Å². The van der Waals surface area contributed by atoms with Crippen molar-refractivity contribution in [3.63, 3.8) is 0 Å². The van der Waals surface area contributed by atoms with Gasteiger partial charge in [0.1, 0.15) is 58.2 Å². The summed E-state index contributed by atoms with van der Waals surface area (Å²) in [5, 5.41) is 3.95. The second kappa shape index (κ2) is 29.5. The van der Waals surface area contributed by atoms with Crippen LogP contribution in [0.25, 0.3) is 180 Å². The molecule has 0 amide bonds. The first-order valence-corrected chi connectivity index (χ1v) is 40.9. The molecule has 110 heavy (non-hydrogen) atoms. The molecule has 18 rings (SSSR count). The predicted molar refractivity (Wildman–Crippen MR) is 441 cm³/mol. The van der Waals surface area contributed by atoms with Gasteiger partial charge >= 0.3 is 0 Å². The van der Waals surface area contributed by atoms with Crippen molar-refractivity contribution in [3.8, 4) is 180 Å². The van der Waals surface area contributed by atoms with Gasteiger partial charge in [0.15, 0.2) is 0 Å². The van der Waals surface area contributed by atoms with Crippen molar-refractivity contribution < 1.29 is 43.9 Å². The van der Waals surface area contributed by atoms with E-state index in [1.54, 1.807) is 132 Å². The van der Waals surface area contributed by atoms with Crippen LogP contribution in [0.1, 0.15) is 0 Å². The van der Waals surface area contributed by atoms with Gasteiger partial charge in [0.05, 0.1) is 39.0 Å². The van der Waals surface area contributed by atoms with Crippen LogP contribution in [0.15, 0.2) is 290 Å². The maximum absolute atomic E-state index is 17.8. The SMILES string of the molecule is Fc1ccc(-c2ccsc2-c2sc(-c3ccc(-c4cc(-c5ccc(F)cc5)c(-c5sc(-c6ccc(-c7cc(-c8ccc(F)cc8)c(-c8sc(-c9cc(-c%10ccc(F)cc%10)c(-c%10sccc%10-c%10ccc(F)cc%10)s9)cc8-c8ccc(F)cc8)s7)c(F)c6)cc5-c5ccc(F)cc5)s4)c(F)c3)cc2-c2ccc(F)cc2)cc1. The summed E-state index contributed by atoms with van der Waals surface area (Å²) in [6.07, 6.45) is 0. The Morgan fingerprint density at radius 2 is 0.336 bits per heavy atom. The first kappa shape index (κ1) is 70.8. The van der Waals surface area contributed by atoms with E-state index >= 15 is 8.78 Å². The lowest BCUT2D eigenvalue weighted by molar-refractivity contribution is 0.627. The van der Waals surface area contributed by atoms with Crippen molar-refractivity contribution in [2.24, 2.45) is 0 Å². The van der Waals surface area contributed by atoms with Gasteiger partial charge in [-0.15, -0.1) is 90.7 Å². The van der Waals surface area contributed by atoms with Gasteiger partial charge in [-0.2, -0.15) is 0 Å². The van der Waals surface area contributed by atoms with Crippen LogP contribution >= 0.6 is 90.7 Å². The lowest BCUT2D eigenvalue weighted by Gasteiger charge is -2.07. The number of benzene rings is 10. The standard InChI is InChI=1S/C92H48F10S8/c93-59-19-1-49(2-20-59)67-37-39-103-85(67)87-71(51-5-23-61(95)24-6-51)43-79(105-87)57-17-35-69(77(101)41-57)81-45-73(53-9-27-63(97)28-10-53)90(107-81)89-72(52-7-25-62(96)26-8-52)44-80(106-89)58-18-36-70(78(102)42-58)82-46-74(54-11-29-64(98)30-12-54)91(108-82)92-76(56-15-33-66(100)34-16-56)48-84(110-92)83-47-75(55-13-31-65(99)32-14-55)88(109-83)86-68(38-40-104-86)50-3-21-60(94)22-4-50/h1-48H. The van der Waals surface area contributed by atoms with Crippen molar-refractivity contribution in [3.05, 3.63) is 348 Å². The Morgan fingerprint density at radius 1 is 0.145 bits per heavy atom. The average Bonchev–Trinajstić information content (AvgIpc) is 1.61. The van der Waals surface area contributed by atoms with E-state index in [-0.39, 0.29) is 28.8 Å². The summed E-state index contributed by atoms with van der Waals surface area (Å²) in [6, 6.07) is 75.7. The van der Waals surface area contributed by atoms with Crippen molar-refractivity contribution in [2.45, 2.75) is 0 Å². The fraction of sp³-hybridized carbons (Fsp3) is 0. The molecule has 18 heteroatoms. The summed E-state index contributed by atoms with van der Waals surface area (Å²) >= 11 is 11.7. The van der Waals surface area contributed by atoms with Crippen LogP contribution < -0.4 is 0 Å². The molecule has 0 aliphatic carbocycles. The fourth-order valence-corrected chi connectivity index (χ4v) is 23.3. The Kier molecular flexibility index (Phi) is 19.0. The van der Waals surface area contributed by atoms with Crippen molar-refractivity contribution in [2.75, 3.05) is 0 Å². The van der Waals surface area contributed by atoms with Gasteiger partial charge < -0.3 is 0 Å². The van der Waals surface area contributed by atoms with E-state index in [2.05, 4.69) is 12.1 Å². The molecule has 18 aromatic rings. The lowest BCUT2D eigenvalue weighted by atomic mass is 9.99. The van der Waals surface area contributed by atoms with E-state index < -0.39 is 34.9 Å². The van der Waals surface area contributed by atoms with Crippen LogP contribution in [0.2, 0.25) is 0 Å². The van der Waals surface area contributed by atoms with Gasteiger partial charge in [-0.3, -0.25) is 0 Å². The van der Waals surface area contributed by atoms with E-state index in [1.165, 1.54) is 177 Å². The Bertz CT molecular complexity index is 6470. The molecular weight excluding hydrogens is 1550 g/mol. The van der Waals surface area contributed by atoms with E-state index in [9.17, 15) is 35.1 Å². The predicted octanol–water partition coefficient (Wildman–Crippen LogP) is 31.9. The largest absolute Gasteiger partial charge is 0.207 e. The first-order valence-electron chi connectivity index (χ1n) is 34.2. The van der Waals surface area contributed by atoms with Gasteiger partial charge in [0.25, 0.3) is 0 Å². The summed E-state index contributed by atoms with van der Waals surface area (Å²) in [5.41, 5.74) is 13.9. The maximum Gasteiger partial charge on any atom is 0.132 e. The van der Waals surface area contributed by atoms with E-state index in [0.29, 0.717) is 80.0 Å². The molecule has 0 aliphatic rings. The zero-order valence-corrected chi connectivity index (χ0v) is 63.3. The topological polar surface area (TPSA) is 0 Å². The fourth-order valence-electron chi connectivity index (χ4n) is 13.6. The van der Waals surface area contributed by atoms with Gasteiger partial charge in [-0.05, 0) is 236 Å². The summed E-state index contributed by atoms with van der Waals surface area (Å²) in [4.78, 5) is 10.9. The van der Waals surface area contributed by atoms with Gasteiger partial charge in [0.2, 0.25) is 0 Å². The third-order valence-electron chi connectivity index (χ3n) is 19.1. The maximum atomic E-state index is 17.8. The summed E-state index contributed by atoms with van der Waals surface area (Å²) < 4.78 is 152. The van der Waals surface area contributed by atoms with Crippen LogP contribution in [-0.2, 0) is 0 Å².